The first kappa shape index (κ1) is 29.8. The number of esters is 2. The van der Waals surface area contributed by atoms with Crippen LogP contribution < -0.4 is 0 Å². The molecule has 2 aromatic rings. The number of carbonyl (C=O) groups excluding carboxylic acids is 2. The Morgan fingerprint density at radius 2 is 1.30 bits per heavy atom. The highest BCUT2D eigenvalue weighted by Gasteiger charge is 2.75. The number of carbonyl (C=O) groups is 2. The molecule has 218 valence electrons. The number of alkyl halides is 6. The average Bonchev–Trinajstić information content (AvgIpc) is 2.85. The molecule has 5 rings (SSSR count). The van der Waals surface area contributed by atoms with E-state index in [-0.39, 0.29) is 24.4 Å². The molecule has 0 saturated heterocycles. The van der Waals surface area contributed by atoms with E-state index in [9.17, 15) is 48.9 Å². The molecule has 15 heteroatoms. The lowest BCUT2D eigenvalue weighted by Gasteiger charge is -2.45. The second-order valence-corrected chi connectivity index (χ2v) is 10.9. The topological polar surface area (TPSA) is 119 Å². The predicted molar refractivity (Wildman–Crippen MR) is 122 cm³/mol. The maximum atomic E-state index is 13.2. The minimum absolute atomic E-state index is 0.0664. The van der Waals surface area contributed by atoms with Crippen LogP contribution >= 0.6 is 0 Å². The molecular weight excluding hydrogens is 574 g/mol. The molecule has 0 aromatic heterocycles. The summed E-state index contributed by atoms with van der Waals surface area (Å²) in [6.45, 7) is -2.67. The molecule has 8 nitrogen and oxygen atoms in total. The number of hydrogen-bond donors (Lipinski definition) is 0. The van der Waals surface area contributed by atoms with Crippen molar-refractivity contribution in [2.45, 2.75) is 36.2 Å². The van der Waals surface area contributed by atoms with Crippen LogP contribution in [-0.2, 0) is 33.9 Å². The quantitative estimate of drug-likeness (QED) is 0.244. The average molecular weight is 595 g/mol. The third-order valence-corrected chi connectivity index (χ3v) is 7.67. The third kappa shape index (κ3) is 5.81. The van der Waals surface area contributed by atoms with Gasteiger partial charge in [0.2, 0.25) is 0 Å². The minimum Gasteiger partial charge on any atom is -0.748 e. The van der Waals surface area contributed by atoms with Crippen LogP contribution in [0.25, 0.3) is 0 Å². The van der Waals surface area contributed by atoms with Gasteiger partial charge in [0.1, 0.15) is 13.2 Å². The van der Waals surface area contributed by atoms with Crippen molar-refractivity contribution in [3.63, 3.8) is 0 Å². The van der Waals surface area contributed by atoms with Crippen LogP contribution in [0.3, 0.4) is 0 Å². The first-order chi connectivity index (χ1) is 18.5. The van der Waals surface area contributed by atoms with Crippen molar-refractivity contribution in [2.24, 2.45) is 5.92 Å². The van der Waals surface area contributed by atoms with Gasteiger partial charge in [-0.2, -0.15) is 26.3 Å². The van der Waals surface area contributed by atoms with E-state index in [0.717, 1.165) is 11.1 Å². The van der Waals surface area contributed by atoms with Crippen LogP contribution in [0.4, 0.5) is 26.3 Å². The molecule has 0 fully saturated rings. The van der Waals surface area contributed by atoms with Crippen molar-refractivity contribution >= 4 is 22.1 Å². The molecule has 40 heavy (non-hydrogen) atoms. The van der Waals surface area contributed by atoms with Gasteiger partial charge >= 0.3 is 29.9 Å². The summed E-state index contributed by atoms with van der Waals surface area (Å²) >= 11 is 0. The first-order valence-electron chi connectivity index (χ1n) is 11.7. The van der Waals surface area contributed by atoms with Crippen LogP contribution in [0.2, 0.25) is 0 Å². The summed E-state index contributed by atoms with van der Waals surface area (Å²) in [5.41, 5.74) is -1.08. The van der Waals surface area contributed by atoms with Gasteiger partial charge in [-0.25, -0.2) is 18.0 Å². The lowest BCUT2D eigenvalue weighted by atomic mass is 9.59. The first-order valence-corrected chi connectivity index (χ1v) is 13.3. The van der Waals surface area contributed by atoms with Gasteiger partial charge < -0.3 is 18.8 Å². The fourth-order valence-electron chi connectivity index (χ4n) is 5.32. The zero-order valence-corrected chi connectivity index (χ0v) is 21.1. The van der Waals surface area contributed by atoms with E-state index in [2.05, 4.69) is 9.47 Å². The second-order valence-electron chi connectivity index (χ2n) is 9.46. The minimum atomic E-state index is -6.51. The normalized spacial score (nSPS) is 20.4. The van der Waals surface area contributed by atoms with Crippen molar-refractivity contribution in [3.05, 3.63) is 70.8 Å². The summed E-state index contributed by atoms with van der Waals surface area (Å²) in [5.74, 6) is -6.60. The smallest absolute Gasteiger partial charge is 0.438 e. The molecule has 0 amide bonds. The van der Waals surface area contributed by atoms with Crippen molar-refractivity contribution in [1.29, 1.82) is 0 Å². The molecular formula is C25H21F6O8S-. The number of halogens is 6. The molecule has 0 saturated carbocycles. The van der Waals surface area contributed by atoms with Crippen LogP contribution in [0, 0.1) is 5.92 Å². The van der Waals surface area contributed by atoms with Gasteiger partial charge in [0.15, 0.2) is 0 Å². The van der Waals surface area contributed by atoms with E-state index in [1.54, 1.807) is 0 Å². The monoisotopic (exact) mass is 595 g/mol. The fraction of sp³-hybridized carbons (Fsp3) is 0.440. The van der Waals surface area contributed by atoms with Gasteiger partial charge in [0.25, 0.3) is 0 Å². The lowest BCUT2D eigenvalue weighted by molar-refractivity contribution is -0.361. The molecule has 1 unspecified atom stereocenters. The van der Waals surface area contributed by atoms with E-state index in [4.69, 9.17) is 4.74 Å². The zero-order valence-electron chi connectivity index (χ0n) is 20.3. The Morgan fingerprint density at radius 1 is 0.825 bits per heavy atom. The molecule has 0 spiro atoms. The van der Waals surface area contributed by atoms with Crippen molar-refractivity contribution < 1.29 is 63.1 Å². The predicted octanol–water partition coefficient (Wildman–Crippen LogP) is 3.80. The van der Waals surface area contributed by atoms with Gasteiger partial charge in [-0.1, -0.05) is 48.5 Å². The van der Waals surface area contributed by atoms with Crippen molar-refractivity contribution in [1.82, 2.24) is 0 Å². The number of fused-ring (bicyclic) bond motifs is 1. The second kappa shape index (κ2) is 10.7. The Bertz CT molecular complexity index is 1330. The molecule has 0 N–H and O–H groups in total. The molecule has 2 bridgehead atoms. The molecule has 3 aliphatic rings. The molecule has 2 aromatic carbocycles. The molecule has 0 aliphatic heterocycles. The number of rotatable bonds is 9. The van der Waals surface area contributed by atoms with E-state index in [1.807, 2.05) is 48.5 Å². The highest BCUT2D eigenvalue weighted by Crippen LogP contribution is 2.55. The van der Waals surface area contributed by atoms with Crippen molar-refractivity contribution in [2.75, 3.05) is 25.6 Å². The van der Waals surface area contributed by atoms with E-state index in [1.165, 1.54) is 11.1 Å². The Balaban J connectivity index is 1.35. The van der Waals surface area contributed by atoms with Crippen LogP contribution in [0.5, 0.6) is 0 Å². The van der Waals surface area contributed by atoms with Gasteiger partial charge in [-0.3, -0.25) is 0 Å². The molecule has 1 atom stereocenters. The largest absolute Gasteiger partial charge is 0.748 e. The molecule has 0 heterocycles. The Morgan fingerprint density at radius 3 is 1.77 bits per heavy atom. The maximum absolute atomic E-state index is 13.2. The summed E-state index contributed by atoms with van der Waals surface area (Å²) in [4.78, 5) is 23.9. The van der Waals surface area contributed by atoms with Crippen LogP contribution in [0.15, 0.2) is 48.5 Å². The van der Waals surface area contributed by atoms with E-state index in [0.29, 0.717) is 6.42 Å². The summed E-state index contributed by atoms with van der Waals surface area (Å²) in [6.07, 6.45) is -12.3. The van der Waals surface area contributed by atoms with Crippen molar-refractivity contribution in [3.8, 4) is 0 Å². The summed E-state index contributed by atoms with van der Waals surface area (Å²) in [5, 5.41) is 0. The molecule has 0 radical (unpaired) electrons. The van der Waals surface area contributed by atoms with Crippen LogP contribution in [0.1, 0.15) is 40.5 Å². The van der Waals surface area contributed by atoms with Gasteiger partial charge in [0, 0.05) is 17.8 Å². The summed E-state index contributed by atoms with van der Waals surface area (Å²) in [7, 11) is -6.17. The Labute approximate surface area is 224 Å². The number of hydrogen-bond acceptors (Lipinski definition) is 8. The Hall–Kier alpha value is -3.17. The zero-order chi connectivity index (χ0) is 29.5. The maximum Gasteiger partial charge on any atom is 0.438 e. The summed E-state index contributed by atoms with van der Waals surface area (Å²) in [6, 6.07) is 15.7. The number of ether oxygens (including phenoxy) is 3. The Kier molecular flexibility index (Phi) is 7.95. The SMILES string of the molecule is O=C(COCC(=O)OC(CS(=O)(=O)[O-])(C(F)(F)F)C(F)(F)F)OCC1CC2c3ccccc3C1c1ccccc12. The van der Waals surface area contributed by atoms with Crippen LogP contribution in [-0.4, -0.2) is 68.4 Å². The molecule has 3 aliphatic carbocycles. The highest BCUT2D eigenvalue weighted by atomic mass is 32.2. The van der Waals surface area contributed by atoms with Gasteiger partial charge in [0.05, 0.1) is 22.5 Å². The number of benzene rings is 2. The summed E-state index contributed by atoms with van der Waals surface area (Å²) < 4.78 is 125. The van der Waals surface area contributed by atoms with Gasteiger partial charge in [-0.05, 0) is 28.7 Å². The fourth-order valence-corrected chi connectivity index (χ4v) is 6.21. The van der Waals surface area contributed by atoms with Gasteiger partial charge in [-0.15, -0.1) is 0 Å². The third-order valence-electron chi connectivity index (χ3n) is 6.90. The lowest BCUT2D eigenvalue weighted by Crippen LogP contribution is -2.63. The highest BCUT2D eigenvalue weighted by molar-refractivity contribution is 7.85. The van der Waals surface area contributed by atoms with E-state index < -0.39 is 59.0 Å². The standard InChI is InChI=1S/C25H22F6O8S/c26-24(27,28)23(25(29,30)31,13-40(34,35)36)39-21(33)12-37-11-20(32)38-10-14-9-19-15-5-1-3-7-17(15)22(14)18-8-4-2-6-16(18)19/h1-8,14,19,22H,9-13H2,(H,34,35,36)/p-1. The van der Waals surface area contributed by atoms with E-state index >= 15 is 0 Å².